The van der Waals surface area contributed by atoms with Crippen molar-refractivity contribution in [3.05, 3.63) is 29.8 Å². The van der Waals surface area contributed by atoms with Gasteiger partial charge in [-0.2, -0.15) is 0 Å². The number of rotatable bonds is 5. The molecule has 190 valence electrons. The summed E-state index contributed by atoms with van der Waals surface area (Å²) in [7, 11) is 2.13. The number of nitrogens with zero attached hydrogens (tertiary/aromatic N) is 3. The fourth-order valence-electron chi connectivity index (χ4n) is 6.26. The van der Waals surface area contributed by atoms with Gasteiger partial charge in [0.2, 0.25) is 5.91 Å². The van der Waals surface area contributed by atoms with E-state index in [0.29, 0.717) is 12.1 Å². The van der Waals surface area contributed by atoms with E-state index in [9.17, 15) is 14.4 Å². The lowest BCUT2D eigenvalue weighted by atomic mass is 9.83. The second kappa shape index (κ2) is 10.3. The van der Waals surface area contributed by atoms with Crippen LogP contribution in [0.3, 0.4) is 0 Å². The molecule has 3 saturated heterocycles. The van der Waals surface area contributed by atoms with Crippen molar-refractivity contribution < 1.29 is 19.1 Å². The number of nitrogens with one attached hydrogen (secondary N) is 1. The van der Waals surface area contributed by atoms with Crippen molar-refractivity contribution in [2.75, 3.05) is 51.3 Å². The summed E-state index contributed by atoms with van der Waals surface area (Å²) in [6, 6.07) is 6.59. The zero-order chi connectivity index (χ0) is 24.5. The Balaban J connectivity index is 1.31. The highest BCUT2D eigenvalue weighted by Crippen LogP contribution is 2.34. The Morgan fingerprint density at radius 2 is 1.71 bits per heavy atom. The summed E-state index contributed by atoms with van der Waals surface area (Å²) in [5.74, 6) is -0.174. The second-order valence-electron chi connectivity index (χ2n) is 10.8. The molecule has 35 heavy (non-hydrogen) atoms. The van der Waals surface area contributed by atoms with Crippen molar-refractivity contribution in [2.24, 2.45) is 11.8 Å². The van der Waals surface area contributed by atoms with E-state index in [1.807, 2.05) is 31.2 Å². The molecule has 3 aliphatic heterocycles. The second-order valence-corrected chi connectivity index (χ2v) is 10.8. The average Bonchev–Trinajstić information content (AvgIpc) is 3.43. The van der Waals surface area contributed by atoms with Crippen LogP contribution in [0.25, 0.3) is 0 Å². The van der Waals surface area contributed by atoms with Gasteiger partial charge in [-0.3, -0.25) is 14.4 Å². The predicted molar refractivity (Wildman–Crippen MR) is 133 cm³/mol. The van der Waals surface area contributed by atoms with Gasteiger partial charge in [-0.15, -0.1) is 0 Å². The molecule has 2 amide bonds. The van der Waals surface area contributed by atoms with Crippen molar-refractivity contribution in [1.82, 2.24) is 15.1 Å². The van der Waals surface area contributed by atoms with Gasteiger partial charge in [-0.25, -0.2) is 0 Å². The number of carbonyl (C=O) groups excluding carboxylic acids is 3. The van der Waals surface area contributed by atoms with Crippen LogP contribution in [0, 0.1) is 11.8 Å². The van der Waals surface area contributed by atoms with Crippen LogP contribution >= 0.6 is 0 Å². The van der Waals surface area contributed by atoms with Gasteiger partial charge in [0.1, 0.15) is 18.7 Å². The van der Waals surface area contributed by atoms with E-state index in [1.165, 1.54) is 0 Å². The lowest BCUT2D eigenvalue weighted by Gasteiger charge is -2.34. The van der Waals surface area contributed by atoms with E-state index >= 15 is 0 Å². The van der Waals surface area contributed by atoms with Gasteiger partial charge in [0.25, 0.3) is 5.91 Å². The van der Waals surface area contributed by atoms with E-state index in [1.54, 1.807) is 4.90 Å². The summed E-state index contributed by atoms with van der Waals surface area (Å²) in [5.41, 5.74) is 1.68. The first-order valence-electron chi connectivity index (χ1n) is 13.2. The maximum Gasteiger partial charge on any atom is 0.251 e. The average molecular weight is 483 g/mol. The monoisotopic (exact) mass is 482 g/mol. The number of anilines is 1. The highest BCUT2D eigenvalue weighted by molar-refractivity contribution is 5.99. The molecule has 0 aromatic heterocycles. The first-order valence-corrected chi connectivity index (χ1v) is 13.2. The molecule has 3 heterocycles. The summed E-state index contributed by atoms with van der Waals surface area (Å²) < 4.78 is 5.69. The topological polar surface area (TPSA) is 82.2 Å². The van der Waals surface area contributed by atoms with Crippen LogP contribution in [0.1, 0.15) is 49.4 Å². The Labute approximate surface area is 207 Å². The lowest BCUT2D eigenvalue weighted by molar-refractivity contribution is -0.139. The highest BCUT2D eigenvalue weighted by Gasteiger charge is 2.52. The number of hydrogen-bond donors (Lipinski definition) is 1. The van der Waals surface area contributed by atoms with E-state index in [2.05, 4.69) is 22.2 Å². The minimum Gasteiger partial charge on any atom is -0.369 e. The molecular formula is C27H38N4O4. The van der Waals surface area contributed by atoms with Gasteiger partial charge in [-0.1, -0.05) is 26.2 Å². The van der Waals surface area contributed by atoms with Gasteiger partial charge in [-0.05, 0) is 50.1 Å². The number of piperazine rings is 1. The molecule has 5 rings (SSSR count). The molecule has 0 bridgehead atoms. The van der Waals surface area contributed by atoms with Crippen LogP contribution < -0.4 is 10.2 Å². The first kappa shape index (κ1) is 24.3. The van der Waals surface area contributed by atoms with Crippen LogP contribution in [0.2, 0.25) is 0 Å². The molecule has 1 N–H and O–H groups in total. The van der Waals surface area contributed by atoms with Gasteiger partial charge >= 0.3 is 0 Å². The third-order valence-electron chi connectivity index (χ3n) is 8.40. The molecule has 0 radical (unpaired) electrons. The Kier molecular flexibility index (Phi) is 7.12. The number of Topliss-reactive ketones (excluding diaryl/α,β-unsaturated/α-hetero) is 1. The fraction of sp³-hybridized carbons (Fsp3) is 0.667. The SMILES string of the molecule is C[C@@H]1CN(C(=O)C(NC(=O)c2ccc(N3CCN(C)CC3)cc2)C2CCCCC2)[C@@H]2C(=O)CO[C@H]12. The fourth-order valence-corrected chi connectivity index (χ4v) is 6.26. The standard InChI is InChI=1S/C27H38N4O4/c1-18-16-31(24-22(32)17-35-25(18)24)27(34)23(19-6-4-3-5-7-19)28-26(33)20-8-10-21(11-9-20)30-14-12-29(2)13-15-30/h8-11,18-19,23-25H,3-7,12-17H2,1-2H3,(H,28,33)/t18-,23?,24-,25-/m1/s1. The Bertz CT molecular complexity index is 937. The van der Waals surface area contributed by atoms with Crippen LogP contribution in [0.15, 0.2) is 24.3 Å². The third kappa shape index (κ3) is 4.96. The molecule has 0 spiro atoms. The van der Waals surface area contributed by atoms with Crippen molar-refractivity contribution in [3.8, 4) is 0 Å². The molecule has 4 fully saturated rings. The molecule has 4 atom stereocenters. The largest absolute Gasteiger partial charge is 0.369 e. The molecule has 1 aromatic rings. The summed E-state index contributed by atoms with van der Waals surface area (Å²) in [6.45, 7) is 6.59. The van der Waals surface area contributed by atoms with Crippen molar-refractivity contribution in [2.45, 2.75) is 57.2 Å². The molecule has 1 aromatic carbocycles. The number of hydrogen-bond acceptors (Lipinski definition) is 6. The van der Waals surface area contributed by atoms with E-state index in [0.717, 1.165) is 64.0 Å². The van der Waals surface area contributed by atoms with E-state index < -0.39 is 12.1 Å². The third-order valence-corrected chi connectivity index (χ3v) is 8.40. The maximum atomic E-state index is 13.8. The normalized spacial score (nSPS) is 28.7. The summed E-state index contributed by atoms with van der Waals surface area (Å²) in [6.07, 6.45) is 4.90. The number of benzene rings is 1. The number of amides is 2. The summed E-state index contributed by atoms with van der Waals surface area (Å²) >= 11 is 0. The van der Waals surface area contributed by atoms with E-state index in [4.69, 9.17) is 4.74 Å². The van der Waals surface area contributed by atoms with E-state index in [-0.39, 0.29) is 42.1 Å². The molecule has 4 aliphatic rings. The maximum absolute atomic E-state index is 13.8. The van der Waals surface area contributed by atoms with Crippen molar-refractivity contribution in [1.29, 1.82) is 0 Å². The number of ketones is 1. The Hall–Kier alpha value is -2.45. The summed E-state index contributed by atoms with van der Waals surface area (Å²) in [4.78, 5) is 46.0. The van der Waals surface area contributed by atoms with Gasteiger partial charge < -0.3 is 24.8 Å². The number of likely N-dealkylation sites (N-methyl/N-ethyl adjacent to an activating group) is 1. The highest BCUT2D eigenvalue weighted by atomic mass is 16.5. The molecule has 1 aliphatic carbocycles. The zero-order valence-electron chi connectivity index (χ0n) is 20.9. The van der Waals surface area contributed by atoms with Crippen LogP contribution in [-0.2, 0) is 14.3 Å². The van der Waals surface area contributed by atoms with Crippen LogP contribution in [0.4, 0.5) is 5.69 Å². The number of likely N-dealkylation sites (tertiary alicyclic amines) is 1. The minimum absolute atomic E-state index is 0.0269. The first-order chi connectivity index (χ1) is 16.9. The van der Waals surface area contributed by atoms with Gasteiger partial charge in [0.05, 0.1) is 6.10 Å². The Morgan fingerprint density at radius 3 is 2.40 bits per heavy atom. The van der Waals surface area contributed by atoms with Crippen molar-refractivity contribution >= 4 is 23.3 Å². The number of fused-ring (bicyclic) bond motifs is 1. The van der Waals surface area contributed by atoms with Crippen LogP contribution in [-0.4, -0.2) is 92.0 Å². The number of carbonyl (C=O) groups is 3. The number of ether oxygens (including phenoxy) is 1. The minimum atomic E-state index is -0.612. The molecule has 1 saturated carbocycles. The van der Waals surface area contributed by atoms with Crippen LogP contribution in [0.5, 0.6) is 0 Å². The predicted octanol–water partition coefficient (Wildman–Crippen LogP) is 1.93. The molecule has 1 unspecified atom stereocenters. The molecular weight excluding hydrogens is 444 g/mol. The van der Waals surface area contributed by atoms with Crippen molar-refractivity contribution in [3.63, 3.8) is 0 Å². The Morgan fingerprint density at radius 1 is 1.03 bits per heavy atom. The smallest absolute Gasteiger partial charge is 0.251 e. The summed E-state index contributed by atoms with van der Waals surface area (Å²) in [5, 5.41) is 3.09. The lowest BCUT2D eigenvalue weighted by Crippen LogP contribution is -2.55. The zero-order valence-corrected chi connectivity index (χ0v) is 20.9. The van der Waals surface area contributed by atoms with Gasteiger partial charge in [0, 0.05) is 49.9 Å². The molecule has 8 nitrogen and oxygen atoms in total. The van der Waals surface area contributed by atoms with Gasteiger partial charge in [0.15, 0.2) is 5.78 Å². The quantitative estimate of drug-likeness (QED) is 0.691. The molecule has 8 heteroatoms.